The van der Waals surface area contributed by atoms with Gasteiger partial charge < -0.3 is 19.4 Å². The molecule has 0 spiro atoms. The molecule has 2 heterocycles. The number of carbonyl (C=O) groups is 3. The molecular formula is C20H26FN3O4. The molecule has 2 aliphatic rings. The summed E-state index contributed by atoms with van der Waals surface area (Å²) in [7, 11) is 0. The van der Waals surface area contributed by atoms with E-state index in [9.17, 15) is 18.8 Å². The van der Waals surface area contributed by atoms with E-state index in [-0.39, 0.29) is 29.4 Å². The minimum absolute atomic E-state index is 0.0708. The summed E-state index contributed by atoms with van der Waals surface area (Å²) in [6.45, 7) is 4.89. The maximum Gasteiger partial charge on any atom is 0.409 e. The number of piperazine rings is 1. The van der Waals surface area contributed by atoms with E-state index in [1.54, 1.807) is 33.8 Å². The summed E-state index contributed by atoms with van der Waals surface area (Å²) in [5.41, 5.74) is 0.0716. The summed E-state index contributed by atoms with van der Waals surface area (Å²) in [5.74, 6) is -0.919. The first kappa shape index (κ1) is 20.1. The predicted octanol–water partition coefficient (Wildman–Crippen LogP) is 1.98. The molecule has 28 heavy (non-hydrogen) atoms. The Morgan fingerprint density at radius 1 is 0.964 bits per heavy atom. The third-order valence-electron chi connectivity index (χ3n) is 5.35. The number of halogens is 1. The number of rotatable bonds is 3. The molecule has 2 aliphatic heterocycles. The Balaban J connectivity index is 1.49. The zero-order valence-electron chi connectivity index (χ0n) is 16.1. The highest BCUT2D eigenvalue weighted by Gasteiger charge is 2.33. The van der Waals surface area contributed by atoms with Gasteiger partial charge in [-0.15, -0.1) is 0 Å². The number of piperidine rings is 1. The second-order valence-corrected chi connectivity index (χ2v) is 7.06. The van der Waals surface area contributed by atoms with Gasteiger partial charge in [-0.2, -0.15) is 0 Å². The van der Waals surface area contributed by atoms with Crippen LogP contribution in [0.5, 0.6) is 0 Å². The van der Waals surface area contributed by atoms with Gasteiger partial charge in [0.15, 0.2) is 0 Å². The van der Waals surface area contributed by atoms with Crippen LogP contribution in [0.25, 0.3) is 0 Å². The van der Waals surface area contributed by atoms with E-state index in [4.69, 9.17) is 4.74 Å². The second-order valence-electron chi connectivity index (χ2n) is 7.06. The lowest BCUT2D eigenvalue weighted by molar-refractivity contribution is -0.138. The van der Waals surface area contributed by atoms with Gasteiger partial charge in [-0.1, -0.05) is 12.1 Å². The molecule has 0 radical (unpaired) electrons. The highest BCUT2D eigenvalue weighted by molar-refractivity contribution is 5.94. The van der Waals surface area contributed by atoms with Crippen LogP contribution in [-0.4, -0.2) is 78.5 Å². The average molecular weight is 391 g/mol. The van der Waals surface area contributed by atoms with Gasteiger partial charge in [0.25, 0.3) is 5.91 Å². The molecule has 2 fully saturated rings. The maximum absolute atomic E-state index is 13.8. The number of benzene rings is 1. The molecule has 7 nitrogen and oxygen atoms in total. The predicted molar refractivity (Wildman–Crippen MR) is 100 cm³/mol. The van der Waals surface area contributed by atoms with E-state index in [1.807, 2.05) is 0 Å². The average Bonchev–Trinajstić information content (AvgIpc) is 2.73. The van der Waals surface area contributed by atoms with E-state index >= 15 is 0 Å². The van der Waals surface area contributed by atoms with Crippen LogP contribution in [-0.2, 0) is 9.53 Å². The van der Waals surface area contributed by atoms with Crippen LogP contribution >= 0.6 is 0 Å². The van der Waals surface area contributed by atoms with Gasteiger partial charge in [0, 0.05) is 45.2 Å². The molecule has 3 amide bonds. The first-order chi connectivity index (χ1) is 13.5. The summed E-state index contributed by atoms with van der Waals surface area (Å²) in [4.78, 5) is 42.0. The normalized spacial score (nSPS) is 18.1. The lowest BCUT2D eigenvalue weighted by Crippen LogP contribution is -2.53. The maximum atomic E-state index is 13.8. The van der Waals surface area contributed by atoms with Crippen molar-refractivity contribution in [1.29, 1.82) is 0 Å². The first-order valence-corrected chi connectivity index (χ1v) is 9.75. The Morgan fingerprint density at radius 2 is 1.57 bits per heavy atom. The lowest BCUT2D eigenvalue weighted by Gasteiger charge is -2.38. The molecule has 0 bridgehead atoms. The molecule has 8 heteroatoms. The zero-order valence-corrected chi connectivity index (χ0v) is 16.1. The molecule has 0 saturated carbocycles. The Morgan fingerprint density at radius 3 is 2.18 bits per heavy atom. The third kappa shape index (κ3) is 4.43. The molecule has 152 valence electrons. The number of hydrogen-bond acceptors (Lipinski definition) is 4. The molecule has 2 saturated heterocycles. The van der Waals surface area contributed by atoms with Crippen molar-refractivity contribution >= 4 is 17.9 Å². The fraction of sp³-hybridized carbons (Fsp3) is 0.550. The fourth-order valence-electron chi connectivity index (χ4n) is 3.72. The van der Waals surface area contributed by atoms with E-state index < -0.39 is 5.82 Å². The molecule has 0 atom stereocenters. The quantitative estimate of drug-likeness (QED) is 0.790. The zero-order chi connectivity index (χ0) is 20.1. The van der Waals surface area contributed by atoms with Crippen LogP contribution in [0, 0.1) is 11.7 Å². The van der Waals surface area contributed by atoms with Crippen molar-refractivity contribution in [2.75, 3.05) is 45.9 Å². The topological polar surface area (TPSA) is 70.2 Å². The van der Waals surface area contributed by atoms with Crippen LogP contribution in [0.1, 0.15) is 30.1 Å². The van der Waals surface area contributed by atoms with Crippen LogP contribution in [0.15, 0.2) is 24.3 Å². The number of hydrogen-bond donors (Lipinski definition) is 0. The van der Waals surface area contributed by atoms with Crippen molar-refractivity contribution in [1.82, 2.24) is 14.7 Å². The SMILES string of the molecule is CCOC(=O)N1CCN(C(=O)C2CCN(C(=O)c3ccccc3F)CC2)CC1. The van der Waals surface area contributed by atoms with Crippen LogP contribution in [0.4, 0.5) is 9.18 Å². The number of carbonyl (C=O) groups excluding carboxylic acids is 3. The smallest absolute Gasteiger partial charge is 0.409 e. The molecule has 0 aromatic heterocycles. The molecule has 1 aromatic carbocycles. The monoisotopic (exact) mass is 391 g/mol. The van der Waals surface area contributed by atoms with Gasteiger partial charge in [-0.3, -0.25) is 9.59 Å². The molecule has 0 N–H and O–H groups in total. The summed E-state index contributed by atoms with van der Waals surface area (Å²) < 4.78 is 18.8. The van der Waals surface area contributed by atoms with Gasteiger partial charge in [-0.25, -0.2) is 9.18 Å². The van der Waals surface area contributed by atoms with Gasteiger partial charge in [-0.05, 0) is 31.9 Å². The number of amides is 3. The fourth-order valence-corrected chi connectivity index (χ4v) is 3.72. The summed E-state index contributed by atoms with van der Waals surface area (Å²) in [6.07, 6.45) is 0.795. The van der Waals surface area contributed by atoms with Crippen molar-refractivity contribution < 1.29 is 23.5 Å². The number of ether oxygens (including phenoxy) is 1. The van der Waals surface area contributed by atoms with Gasteiger partial charge in [0.1, 0.15) is 5.82 Å². The summed E-state index contributed by atoms with van der Waals surface area (Å²) in [6, 6.07) is 5.96. The molecule has 0 unspecified atom stereocenters. The highest BCUT2D eigenvalue weighted by atomic mass is 19.1. The van der Waals surface area contributed by atoms with E-state index in [2.05, 4.69) is 0 Å². The van der Waals surface area contributed by atoms with Crippen molar-refractivity contribution in [2.45, 2.75) is 19.8 Å². The first-order valence-electron chi connectivity index (χ1n) is 9.75. The standard InChI is InChI=1S/C20H26FN3O4/c1-2-28-20(27)24-13-11-23(12-14-24)18(25)15-7-9-22(10-8-15)19(26)16-5-3-4-6-17(16)21/h3-6,15H,2,7-14H2,1H3. The van der Waals surface area contributed by atoms with E-state index in [1.165, 1.54) is 12.1 Å². The lowest BCUT2D eigenvalue weighted by atomic mass is 9.94. The van der Waals surface area contributed by atoms with Gasteiger partial charge >= 0.3 is 6.09 Å². The number of likely N-dealkylation sites (tertiary alicyclic amines) is 1. The molecule has 1 aromatic rings. The van der Waals surface area contributed by atoms with Crippen molar-refractivity contribution in [3.05, 3.63) is 35.6 Å². The van der Waals surface area contributed by atoms with Crippen molar-refractivity contribution in [2.24, 2.45) is 5.92 Å². The molecular weight excluding hydrogens is 365 g/mol. The van der Waals surface area contributed by atoms with E-state index in [0.29, 0.717) is 58.7 Å². The Labute approximate surface area is 164 Å². The number of nitrogens with zero attached hydrogens (tertiary/aromatic N) is 3. The Hall–Kier alpha value is -2.64. The van der Waals surface area contributed by atoms with Crippen LogP contribution in [0.3, 0.4) is 0 Å². The van der Waals surface area contributed by atoms with Crippen molar-refractivity contribution in [3.63, 3.8) is 0 Å². The minimum Gasteiger partial charge on any atom is -0.450 e. The third-order valence-corrected chi connectivity index (χ3v) is 5.35. The summed E-state index contributed by atoms with van der Waals surface area (Å²) >= 11 is 0. The Kier molecular flexibility index (Phi) is 6.49. The largest absolute Gasteiger partial charge is 0.450 e. The van der Waals surface area contributed by atoms with Crippen LogP contribution < -0.4 is 0 Å². The van der Waals surface area contributed by atoms with Crippen molar-refractivity contribution in [3.8, 4) is 0 Å². The molecule has 0 aliphatic carbocycles. The highest BCUT2D eigenvalue weighted by Crippen LogP contribution is 2.22. The van der Waals surface area contributed by atoms with Crippen LogP contribution in [0.2, 0.25) is 0 Å². The van der Waals surface area contributed by atoms with E-state index in [0.717, 1.165) is 0 Å². The Bertz CT molecular complexity index is 726. The molecule has 3 rings (SSSR count). The minimum atomic E-state index is -0.523. The second kappa shape index (κ2) is 9.03. The van der Waals surface area contributed by atoms with Gasteiger partial charge in [0.2, 0.25) is 5.91 Å². The van der Waals surface area contributed by atoms with Gasteiger partial charge in [0.05, 0.1) is 12.2 Å². The summed E-state index contributed by atoms with van der Waals surface area (Å²) in [5, 5.41) is 0.